The van der Waals surface area contributed by atoms with Gasteiger partial charge in [-0.2, -0.15) is 0 Å². The molecule has 1 aromatic rings. The Morgan fingerprint density at radius 2 is 1.71 bits per heavy atom. The summed E-state index contributed by atoms with van der Waals surface area (Å²) in [5.74, 6) is 0.713. The molecule has 0 radical (unpaired) electrons. The van der Waals surface area contributed by atoms with E-state index >= 15 is 0 Å². The molecule has 2 atom stereocenters. The van der Waals surface area contributed by atoms with Crippen molar-refractivity contribution >= 4 is 0 Å². The minimum absolute atomic E-state index is 0.225. The van der Waals surface area contributed by atoms with E-state index in [9.17, 15) is 0 Å². The third-order valence-electron chi connectivity index (χ3n) is 2.98. The van der Waals surface area contributed by atoms with Crippen molar-refractivity contribution in [3.63, 3.8) is 0 Å². The van der Waals surface area contributed by atoms with Crippen LogP contribution in [0.5, 0.6) is 0 Å². The molecule has 0 saturated heterocycles. The van der Waals surface area contributed by atoms with E-state index < -0.39 is 0 Å². The molecule has 2 heteroatoms. The van der Waals surface area contributed by atoms with Crippen LogP contribution in [0.3, 0.4) is 0 Å². The molecule has 0 aliphatic rings. The van der Waals surface area contributed by atoms with Gasteiger partial charge in [-0.05, 0) is 43.9 Å². The van der Waals surface area contributed by atoms with Crippen molar-refractivity contribution in [2.24, 2.45) is 11.7 Å². The van der Waals surface area contributed by atoms with Crippen LogP contribution in [0.1, 0.15) is 44.4 Å². The van der Waals surface area contributed by atoms with Gasteiger partial charge >= 0.3 is 0 Å². The summed E-state index contributed by atoms with van der Waals surface area (Å²) < 4.78 is 0. The third kappa shape index (κ3) is 4.88. The molecule has 0 bridgehead atoms. The van der Waals surface area contributed by atoms with Crippen LogP contribution in [0.4, 0.5) is 0 Å². The van der Waals surface area contributed by atoms with Crippen molar-refractivity contribution in [3.05, 3.63) is 35.4 Å². The number of rotatable bonds is 6. The molecule has 1 rings (SSSR count). The first-order valence-electron chi connectivity index (χ1n) is 6.54. The first-order chi connectivity index (χ1) is 8.02. The molecule has 3 N–H and O–H groups in total. The number of benzene rings is 1. The average molecular weight is 234 g/mol. The van der Waals surface area contributed by atoms with Gasteiger partial charge in [0.15, 0.2) is 0 Å². The Labute approximate surface area is 106 Å². The molecule has 17 heavy (non-hydrogen) atoms. The van der Waals surface area contributed by atoms with E-state index in [2.05, 4.69) is 50.4 Å². The zero-order valence-electron chi connectivity index (χ0n) is 11.5. The second-order valence-corrected chi connectivity index (χ2v) is 5.39. The second-order valence-electron chi connectivity index (χ2n) is 5.39. The number of nitrogens with two attached hydrogens (primary N) is 1. The lowest BCUT2D eigenvalue weighted by atomic mass is 9.97. The summed E-state index contributed by atoms with van der Waals surface area (Å²) in [4.78, 5) is 0. The number of hydrogen-bond donors (Lipinski definition) is 2. The van der Waals surface area contributed by atoms with Crippen LogP contribution in [-0.4, -0.2) is 13.1 Å². The zero-order valence-corrected chi connectivity index (χ0v) is 11.5. The van der Waals surface area contributed by atoms with Gasteiger partial charge in [-0.3, -0.25) is 0 Å². The first kappa shape index (κ1) is 14.2. The summed E-state index contributed by atoms with van der Waals surface area (Å²) in [5.41, 5.74) is 8.61. The SMILES string of the molecule is CNC(CC(C)N)c1ccc(CC(C)C)cc1. The summed E-state index contributed by atoms with van der Waals surface area (Å²) in [6.07, 6.45) is 2.12. The molecule has 0 aliphatic heterocycles. The van der Waals surface area contributed by atoms with Gasteiger partial charge in [0.05, 0.1) is 0 Å². The van der Waals surface area contributed by atoms with Crippen LogP contribution in [0.25, 0.3) is 0 Å². The molecule has 0 spiro atoms. The highest BCUT2D eigenvalue weighted by molar-refractivity contribution is 5.25. The standard InChI is InChI=1S/C15H26N2/c1-11(2)9-13-5-7-14(8-6-13)15(17-4)10-12(3)16/h5-8,11-12,15,17H,9-10,16H2,1-4H3. The Kier molecular flexibility index (Phi) is 5.66. The van der Waals surface area contributed by atoms with Crippen molar-refractivity contribution < 1.29 is 0 Å². The Balaban J connectivity index is 2.70. The predicted molar refractivity (Wildman–Crippen MR) is 75.1 cm³/mol. The highest BCUT2D eigenvalue weighted by Crippen LogP contribution is 2.19. The zero-order chi connectivity index (χ0) is 12.8. The highest BCUT2D eigenvalue weighted by atomic mass is 14.9. The molecular formula is C15H26N2. The van der Waals surface area contributed by atoms with Crippen LogP contribution in [0.15, 0.2) is 24.3 Å². The van der Waals surface area contributed by atoms with E-state index in [-0.39, 0.29) is 6.04 Å². The molecule has 0 aliphatic carbocycles. The molecule has 0 saturated carbocycles. The maximum atomic E-state index is 5.86. The maximum absolute atomic E-state index is 5.86. The lowest BCUT2D eigenvalue weighted by Gasteiger charge is -2.19. The quantitative estimate of drug-likeness (QED) is 0.794. The first-order valence-corrected chi connectivity index (χ1v) is 6.54. The van der Waals surface area contributed by atoms with Gasteiger partial charge < -0.3 is 11.1 Å². The van der Waals surface area contributed by atoms with Gasteiger partial charge in [-0.1, -0.05) is 38.1 Å². The fourth-order valence-corrected chi connectivity index (χ4v) is 2.15. The number of nitrogens with one attached hydrogen (secondary N) is 1. The minimum atomic E-state index is 0.225. The van der Waals surface area contributed by atoms with Crippen LogP contribution in [0, 0.1) is 5.92 Å². The lowest BCUT2D eigenvalue weighted by molar-refractivity contribution is 0.499. The van der Waals surface area contributed by atoms with Crippen molar-refractivity contribution in [3.8, 4) is 0 Å². The van der Waals surface area contributed by atoms with Gasteiger partial charge in [0.25, 0.3) is 0 Å². The molecule has 1 aromatic carbocycles. The van der Waals surface area contributed by atoms with Crippen LogP contribution in [-0.2, 0) is 6.42 Å². The molecule has 0 heterocycles. The summed E-state index contributed by atoms with van der Waals surface area (Å²) >= 11 is 0. The Bertz CT molecular complexity index is 314. The Morgan fingerprint density at radius 1 is 1.12 bits per heavy atom. The van der Waals surface area contributed by atoms with Crippen LogP contribution < -0.4 is 11.1 Å². The monoisotopic (exact) mass is 234 g/mol. The normalized spacial score (nSPS) is 14.9. The summed E-state index contributed by atoms with van der Waals surface area (Å²) in [5, 5.41) is 3.33. The Morgan fingerprint density at radius 3 is 2.12 bits per heavy atom. The lowest BCUT2D eigenvalue weighted by Crippen LogP contribution is -2.25. The Hall–Kier alpha value is -0.860. The maximum Gasteiger partial charge on any atom is 0.0332 e. The van der Waals surface area contributed by atoms with Gasteiger partial charge in [0.2, 0.25) is 0 Å². The molecular weight excluding hydrogens is 208 g/mol. The molecule has 0 aromatic heterocycles. The molecule has 0 fully saturated rings. The summed E-state index contributed by atoms with van der Waals surface area (Å²) in [6.45, 7) is 6.55. The average Bonchev–Trinajstić information content (AvgIpc) is 2.26. The molecule has 2 nitrogen and oxygen atoms in total. The van der Waals surface area contributed by atoms with Gasteiger partial charge in [-0.25, -0.2) is 0 Å². The van der Waals surface area contributed by atoms with Crippen molar-refractivity contribution in [1.82, 2.24) is 5.32 Å². The van der Waals surface area contributed by atoms with Gasteiger partial charge in [0.1, 0.15) is 0 Å². The van der Waals surface area contributed by atoms with E-state index in [1.165, 1.54) is 11.1 Å². The van der Waals surface area contributed by atoms with Crippen molar-refractivity contribution in [1.29, 1.82) is 0 Å². The molecule has 0 amide bonds. The number of hydrogen-bond acceptors (Lipinski definition) is 2. The van der Waals surface area contributed by atoms with E-state index in [0.29, 0.717) is 12.0 Å². The van der Waals surface area contributed by atoms with Crippen LogP contribution in [0.2, 0.25) is 0 Å². The van der Waals surface area contributed by atoms with Crippen molar-refractivity contribution in [2.45, 2.75) is 45.7 Å². The fraction of sp³-hybridized carbons (Fsp3) is 0.600. The second kappa shape index (κ2) is 6.77. The summed E-state index contributed by atoms with van der Waals surface area (Å²) in [6, 6.07) is 9.51. The largest absolute Gasteiger partial charge is 0.328 e. The highest BCUT2D eigenvalue weighted by Gasteiger charge is 2.11. The van der Waals surface area contributed by atoms with Gasteiger partial charge in [0, 0.05) is 12.1 Å². The smallest absolute Gasteiger partial charge is 0.0332 e. The van der Waals surface area contributed by atoms with E-state index in [0.717, 1.165) is 12.8 Å². The summed E-state index contributed by atoms with van der Waals surface area (Å²) in [7, 11) is 2.00. The van der Waals surface area contributed by atoms with E-state index in [1.54, 1.807) is 0 Å². The topological polar surface area (TPSA) is 38.0 Å². The van der Waals surface area contributed by atoms with Crippen LogP contribution >= 0.6 is 0 Å². The molecule has 2 unspecified atom stereocenters. The van der Waals surface area contributed by atoms with Gasteiger partial charge in [-0.15, -0.1) is 0 Å². The van der Waals surface area contributed by atoms with Crippen molar-refractivity contribution in [2.75, 3.05) is 7.05 Å². The fourth-order valence-electron chi connectivity index (χ4n) is 2.15. The predicted octanol–water partition coefficient (Wildman–Crippen LogP) is 2.88. The minimum Gasteiger partial charge on any atom is -0.328 e. The third-order valence-corrected chi connectivity index (χ3v) is 2.98. The van der Waals surface area contributed by atoms with E-state index in [1.807, 2.05) is 7.05 Å². The molecule has 96 valence electrons. The van der Waals surface area contributed by atoms with E-state index in [4.69, 9.17) is 5.73 Å².